The predicted molar refractivity (Wildman–Crippen MR) is 91.8 cm³/mol. The SMILES string of the molecule is C[C@H](NC(=O)C1CCCc2ccccc21)C(=O)Oc1ccccc1. The largest absolute Gasteiger partial charge is 0.425 e. The lowest BCUT2D eigenvalue weighted by molar-refractivity contribution is -0.139. The average Bonchev–Trinajstić information content (AvgIpc) is 2.62. The predicted octanol–water partition coefficient (Wildman–Crippen LogP) is 3.22. The van der Waals surface area contributed by atoms with E-state index in [9.17, 15) is 9.59 Å². The summed E-state index contributed by atoms with van der Waals surface area (Å²) in [5, 5.41) is 2.80. The molecule has 2 aromatic carbocycles. The fourth-order valence-electron chi connectivity index (χ4n) is 3.09. The molecule has 0 fully saturated rings. The second kappa shape index (κ2) is 7.30. The number of carbonyl (C=O) groups excluding carboxylic acids is 2. The third-order valence-electron chi connectivity index (χ3n) is 4.36. The van der Waals surface area contributed by atoms with Crippen molar-refractivity contribution < 1.29 is 14.3 Å². The number of hydrogen-bond acceptors (Lipinski definition) is 3. The number of amides is 1. The van der Waals surface area contributed by atoms with Crippen molar-refractivity contribution >= 4 is 11.9 Å². The minimum Gasteiger partial charge on any atom is -0.425 e. The van der Waals surface area contributed by atoms with Crippen molar-refractivity contribution in [3.63, 3.8) is 0 Å². The van der Waals surface area contributed by atoms with Gasteiger partial charge in [0.15, 0.2) is 0 Å². The number of rotatable bonds is 4. The molecule has 0 aromatic heterocycles. The lowest BCUT2D eigenvalue weighted by Crippen LogP contribution is -2.43. The minimum atomic E-state index is -0.688. The molecular weight excluding hydrogens is 302 g/mol. The second-order valence-electron chi connectivity index (χ2n) is 6.11. The third kappa shape index (κ3) is 3.65. The summed E-state index contributed by atoms with van der Waals surface area (Å²) in [5.41, 5.74) is 2.30. The Morgan fingerprint density at radius 2 is 1.79 bits per heavy atom. The standard InChI is InChI=1S/C20H21NO3/c1-14(20(23)24-16-10-3-2-4-11-16)21-19(22)18-13-7-9-15-8-5-6-12-17(15)18/h2-6,8,10-12,14,18H,7,9,13H2,1H3,(H,21,22)/t14-,18?/m0/s1. The molecule has 1 amide bonds. The van der Waals surface area contributed by atoms with Gasteiger partial charge >= 0.3 is 5.97 Å². The summed E-state index contributed by atoms with van der Waals surface area (Å²) in [4.78, 5) is 24.7. The second-order valence-corrected chi connectivity index (χ2v) is 6.11. The van der Waals surface area contributed by atoms with Gasteiger partial charge in [0, 0.05) is 0 Å². The summed E-state index contributed by atoms with van der Waals surface area (Å²) in [6, 6.07) is 16.2. The van der Waals surface area contributed by atoms with Crippen LogP contribution in [-0.4, -0.2) is 17.9 Å². The minimum absolute atomic E-state index is 0.111. The van der Waals surface area contributed by atoms with E-state index in [2.05, 4.69) is 11.4 Å². The van der Waals surface area contributed by atoms with E-state index in [4.69, 9.17) is 4.74 Å². The van der Waals surface area contributed by atoms with Crippen LogP contribution in [0.4, 0.5) is 0 Å². The molecule has 0 aliphatic heterocycles. The number of hydrogen-bond donors (Lipinski definition) is 1. The van der Waals surface area contributed by atoms with Crippen LogP contribution in [0.15, 0.2) is 54.6 Å². The molecule has 0 spiro atoms. The summed E-state index contributed by atoms with van der Waals surface area (Å²) in [7, 11) is 0. The first-order valence-electron chi connectivity index (χ1n) is 8.30. The van der Waals surface area contributed by atoms with Gasteiger partial charge in [-0.3, -0.25) is 4.79 Å². The number of ether oxygens (including phenoxy) is 1. The molecule has 2 aromatic rings. The molecule has 0 saturated heterocycles. The van der Waals surface area contributed by atoms with Gasteiger partial charge in [0.2, 0.25) is 5.91 Å². The fourth-order valence-corrected chi connectivity index (χ4v) is 3.09. The highest BCUT2D eigenvalue weighted by Gasteiger charge is 2.28. The Labute approximate surface area is 141 Å². The molecule has 124 valence electrons. The van der Waals surface area contributed by atoms with E-state index in [0.29, 0.717) is 5.75 Å². The van der Waals surface area contributed by atoms with Gasteiger partial charge in [-0.25, -0.2) is 4.79 Å². The van der Waals surface area contributed by atoms with Crippen molar-refractivity contribution in [1.82, 2.24) is 5.32 Å². The Morgan fingerprint density at radius 3 is 2.58 bits per heavy atom. The molecule has 4 nitrogen and oxygen atoms in total. The Balaban J connectivity index is 1.63. The number of fused-ring (bicyclic) bond motifs is 1. The summed E-state index contributed by atoms with van der Waals surface area (Å²) < 4.78 is 5.28. The molecule has 3 rings (SSSR count). The first-order valence-corrected chi connectivity index (χ1v) is 8.30. The van der Waals surface area contributed by atoms with Gasteiger partial charge in [-0.1, -0.05) is 42.5 Å². The van der Waals surface area contributed by atoms with Crippen LogP contribution in [-0.2, 0) is 16.0 Å². The van der Waals surface area contributed by atoms with Gasteiger partial charge in [-0.05, 0) is 49.4 Å². The van der Waals surface area contributed by atoms with Crippen molar-refractivity contribution in [1.29, 1.82) is 0 Å². The van der Waals surface area contributed by atoms with Crippen molar-refractivity contribution in [3.8, 4) is 5.75 Å². The average molecular weight is 323 g/mol. The molecule has 2 atom stereocenters. The smallest absolute Gasteiger partial charge is 0.333 e. The van der Waals surface area contributed by atoms with Gasteiger partial charge in [0.25, 0.3) is 0 Å². The van der Waals surface area contributed by atoms with E-state index in [1.54, 1.807) is 31.2 Å². The van der Waals surface area contributed by atoms with E-state index in [0.717, 1.165) is 24.8 Å². The first-order chi connectivity index (χ1) is 11.6. The van der Waals surface area contributed by atoms with Crippen LogP contribution in [0.25, 0.3) is 0 Å². The first kappa shape index (κ1) is 16.2. The van der Waals surface area contributed by atoms with Gasteiger partial charge in [-0.2, -0.15) is 0 Å². The third-order valence-corrected chi connectivity index (χ3v) is 4.36. The molecule has 0 radical (unpaired) electrons. The van der Waals surface area contributed by atoms with Gasteiger partial charge in [0.1, 0.15) is 11.8 Å². The highest BCUT2D eigenvalue weighted by molar-refractivity contribution is 5.89. The molecule has 1 aliphatic rings. The van der Waals surface area contributed by atoms with E-state index < -0.39 is 12.0 Å². The quantitative estimate of drug-likeness (QED) is 0.694. The van der Waals surface area contributed by atoms with Gasteiger partial charge in [0.05, 0.1) is 5.92 Å². The molecule has 0 bridgehead atoms. The topological polar surface area (TPSA) is 55.4 Å². The number of carbonyl (C=O) groups is 2. The molecule has 24 heavy (non-hydrogen) atoms. The number of nitrogens with one attached hydrogen (secondary N) is 1. The number of benzene rings is 2. The molecule has 1 N–H and O–H groups in total. The Hall–Kier alpha value is -2.62. The Bertz CT molecular complexity index is 727. The lowest BCUT2D eigenvalue weighted by Gasteiger charge is -2.25. The van der Waals surface area contributed by atoms with Crippen LogP contribution in [0.1, 0.15) is 36.8 Å². The van der Waals surface area contributed by atoms with Crippen molar-refractivity contribution in [2.45, 2.75) is 38.1 Å². The van der Waals surface area contributed by atoms with Crippen molar-refractivity contribution in [2.75, 3.05) is 0 Å². The summed E-state index contributed by atoms with van der Waals surface area (Å²) in [6.07, 6.45) is 2.80. The van der Waals surface area contributed by atoms with Crippen molar-refractivity contribution in [2.24, 2.45) is 0 Å². The summed E-state index contributed by atoms with van der Waals surface area (Å²) >= 11 is 0. The van der Waals surface area contributed by atoms with E-state index in [1.165, 1.54) is 5.56 Å². The van der Waals surface area contributed by atoms with E-state index in [1.807, 2.05) is 24.3 Å². The van der Waals surface area contributed by atoms with Crippen LogP contribution in [0, 0.1) is 0 Å². The molecule has 0 saturated carbocycles. The Kier molecular flexibility index (Phi) is 4.94. The van der Waals surface area contributed by atoms with Crippen LogP contribution in [0.2, 0.25) is 0 Å². The number of esters is 1. The normalized spacial score (nSPS) is 17.5. The van der Waals surface area contributed by atoms with Crippen LogP contribution in [0.5, 0.6) is 5.75 Å². The fraction of sp³-hybridized carbons (Fsp3) is 0.300. The maximum Gasteiger partial charge on any atom is 0.333 e. The van der Waals surface area contributed by atoms with Crippen LogP contribution < -0.4 is 10.1 Å². The molecule has 0 heterocycles. The molecule has 1 unspecified atom stereocenters. The zero-order chi connectivity index (χ0) is 16.9. The summed E-state index contributed by atoms with van der Waals surface area (Å²) in [5.74, 6) is -0.285. The zero-order valence-corrected chi connectivity index (χ0v) is 13.7. The lowest BCUT2D eigenvalue weighted by atomic mass is 9.82. The molecular formula is C20H21NO3. The van der Waals surface area contributed by atoms with Crippen LogP contribution >= 0.6 is 0 Å². The van der Waals surface area contributed by atoms with E-state index >= 15 is 0 Å². The monoisotopic (exact) mass is 323 g/mol. The molecule has 4 heteroatoms. The Morgan fingerprint density at radius 1 is 1.08 bits per heavy atom. The zero-order valence-electron chi connectivity index (χ0n) is 13.7. The number of para-hydroxylation sites is 1. The van der Waals surface area contributed by atoms with Gasteiger partial charge < -0.3 is 10.1 Å². The summed E-state index contributed by atoms with van der Waals surface area (Å²) in [6.45, 7) is 1.65. The maximum absolute atomic E-state index is 12.6. The van der Waals surface area contributed by atoms with Crippen LogP contribution in [0.3, 0.4) is 0 Å². The van der Waals surface area contributed by atoms with E-state index in [-0.39, 0.29) is 11.8 Å². The molecule has 1 aliphatic carbocycles. The number of aryl methyl sites for hydroxylation is 1. The van der Waals surface area contributed by atoms with Gasteiger partial charge in [-0.15, -0.1) is 0 Å². The highest BCUT2D eigenvalue weighted by atomic mass is 16.5. The van der Waals surface area contributed by atoms with Crippen molar-refractivity contribution in [3.05, 3.63) is 65.7 Å². The maximum atomic E-state index is 12.6. The highest BCUT2D eigenvalue weighted by Crippen LogP contribution is 2.31.